The number of aliphatic carboxylic acids is 1. The molecule has 0 aliphatic rings. The molecule has 5 heteroatoms. The van der Waals surface area contributed by atoms with Gasteiger partial charge in [-0.1, -0.05) is 6.92 Å². The molecule has 0 saturated carbocycles. The number of hydrogen-bond acceptors (Lipinski definition) is 4. The lowest BCUT2D eigenvalue weighted by Gasteiger charge is -2.11. The van der Waals surface area contributed by atoms with Crippen molar-refractivity contribution in [2.24, 2.45) is 5.92 Å². The minimum Gasteiger partial charge on any atom is -0.481 e. The molecule has 0 aliphatic carbocycles. The molecule has 1 aromatic heterocycles. The van der Waals surface area contributed by atoms with Crippen LogP contribution in [0.1, 0.15) is 37.6 Å². The van der Waals surface area contributed by atoms with Gasteiger partial charge in [-0.25, -0.2) is 9.97 Å². The van der Waals surface area contributed by atoms with Crippen LogP contribution in [0.15, 0.2) is 6.07 Å². The van der Waals surface area contributed by atoms with E-state index in [0.29, 0.717) is 18.3 Å². The Labute approximate surface area is 108 Å². The smallest absolute Gasteiger partial charge is 0.303 e. The van der Waals surface area contributed by atoms with E-state index in [9.17, 15) is 4.79 Å². The van der Waals surface area contributed by atoms with Gasteiger partial charge in [0.25, 0.3) is 0 Å². The minimum absolute atomic E-state index is 0.237. The van der Waals surface area contributed by atoms with Crippen LogP contribution in [0, 0.1) is 19.8 Å². The molecule has 2 N–H and O–H groups in total. The van der Waals surface area contributed by atoms with Gasteiger partial charge in [0, 0.05) is 24.4 Å². The monoisotopic (exact) mass is 251 g/mol. The summed E-state index contributed by atoms with van der Waals surface area (Å²) in [5, 5.41) is 11.8. The Bertz CT molecular complexity index is 387. The van der Waals surface area contributed by atoms with Crippen molar-refractivity contribution < 1.29 is 9.90 Å². The molecule has 0 saturated heterocycles. The highest BCUT2D eigenvalue weighted by Gasteiger charge is 2.06. The highest BCUT2D eigenvalue weighted by Crippen LogP contribution is 2.11. The fourth-order valence-corrected chi connectivity index (χ4v) is 1.75. The number of carbonyl (C=O) groups is 1. The van der Waals surface area contributed by atoms with Crippen molar-refractivity contribution in [2.45, 2.75) is 40.0 Å². The Morgan fingerprint density at radius 3 is 2.50 bits per heavy atom. The van der Waals surface area contributed by atoms with E-state index in [1.165, 1.54) is 0 Å². The summed E-state index contributed by atoms with van der Waals surface area (Å²) in [5.74, 6) is 0.310. The van der Waals surface area contributed by atoms with E-state index in [1.807, 2.05) is 19.9 Å². The van der Waals surface area contributed by atoms with Crippen molar-refractivity contribution in [1.82, 2.24) is 9.97 Å². The van der Waals surface area contributed by atoms with Crippen molar-refractivity contribution in [3.8, 4) is 0 Å². The first-order chi connectivity index (χ1) is 8.47. The van der Waals surface area contributed by atoms with Crippen LogP contribution in [0.25, 0.3) is 0 Å². The summed E-state index contributed by atoms with van der Waals surface area (Å²) in [6, 6.07) is 1.93. The van der Waals surface area contributed by atoms with E-state index in [4.69, 9.17) is 5.11 Å². The lowest BCUT2D eigenvalue weighted by atomic mass is 10.0. The van der Waals surface area contributed by atoms with Crippen molar-refractivity contribution in [3.05, 3.63) is 17.5 Å². The number of nitrogens with zero attached hydrogens (tertiary/aromatic N) is 2. The zero-order valence-corrected chi connectivity index (χ0v) is 11.2. The van der Waals surface area contributed by atoms with Gasteiger partial charge in [-0.15, -0.1) is 0 Å². The van der Waals surface area contributed by atoms with Crippen LogP contribution in [0.5, 0.6) is 0 Å². The summed E-state index contributed by atoms with van der Waals surface area (Å²) in [6.07, 6.45) is 1.87. The Morgan fingerprint density at radius 2 is 1.94 bits per heavy atom. The summed E-state index contributed by atoms with van der Waals surface area (Å²) >= 11 is 0. The van der Waals surface area contributed by atoms with E-state index in [1.54, 1.807) is 0 Å². The average Bonchev–Trinajstić information content (AvgIpc) is 2.25. The molecular formula is C13H21N3O2. The molecule has 0 spiro atoms. The molecule has 1 rings (SSSR count). The first kappa shape index (κ1) is 14.4. The van der Waals surface area contributed by atoms with Crippen LogP contribution in [0.4, 0.5) is 5.95 Å². The lowest BCUT2D eigenvalue weighted by Crippen LogP contribution is -2.11. The number of aromatic nitrogens is 2. The molecule has 0 aromatic carbocycles. The van der Waals surface area contributed by atoms with E-state index in [2.05, 4.69) is 22.2 Å². The number of hydrogen-bond donors (Lipinski definition) is 2. The Morgan fingerprint density at radius 1 is 1.33 bits per heavy atom. The highest BCUT2D eigenvalue weighted by molar-refractivity contribution is 5.66. The molecule has 1 aromatic rings. The predicted octanol–water partition coefficient (Wildman–Crippen LogP) is 2.40. The third-order valence-corrected chi connectivity index (χ3v) is 2.75. The number of rotatable bonds is 7. The molecule has 0 bridgehead atoms. The Hall–Kier alpha value is -1.65. The molecule has 5 nitrogen and oxygen atoms in total. The second-order valence-corrected chi connectivity index (χ2v) is 4.73. The average molecular weight is 251 g/mol. The van der Waals surface area contributed by atoms with E-state index < -0.39 is 5.97 Å². The Balaban J connectivity index is 2.30. The van der Waals surface area contributed by atoms with E-state index in [-0.39, 0.29) is 6.42 Å². The van der Waals surface area contributed by atoms with Crippen molar-refractivity contribution in [2.75, 3.05) is 11.9 Å². The Kier molecular flexibility index (Phi) is 5.55. The molecule has 0 fully saturated rings. The van der Waals surface area contributed by atoms with Crippen LogP contribution >= 0.6 is 0 Å². The van der Waals surface area contributed by atoms with Gasteiger partial charge in [-0.05, 0) is 38.7 Å². The van der Waals surface area contributed by atoms with Crippen LogP contribution in [0.2, 0.25) is 0 Å². The quantitative estimate of drug-likeness (QED) is 0.778. The SMILES string of the molecule is Cc1cc(C)nc(NCCC(C)CCC(=O)O)n1. The van der Waals surface area contributed by atoms with Crippen LogP contribution in [-0.4, -0.2) is 27.6 Å². The molecule has 1 heterocycles. The highest BCUT2D eigenvalue weighted by atomic mass is 16.4. The molecule has 100 valence electrons. The lowest BCUT2D eigenvalue weighted by molar-refractivity contribution is -0.137. The molecule has 1 unspecified atom stereocenters. The first-order valence-corrected chi connectivity index (χ1v) is 6.25. The van der Waals surface area contributed by atoms with Crippen molar-refractivity contribution in [3.63, 3.8) is 0 Å². The molecular weight excluding hydrogens is 230 g/mol. The fourth-order valence-electron chi connectivity index (χ4n) is 1.75. The summed E-state index contributed by atoms with van der Waals surface area (Å²) in [4.78, 5) is 19.0. The maximum Gasteiger partial charge on any atom is 0.303 e. The molecule has 1 atom stereocenters. The number of anilines is 1. The zero-order valence-electron chi connectivity index (χ0n) is 11.2. The third kappa shape index (κ3) is 5.61. The van der Waals surface area contributed by atoms with Crippen LogP contribution in [0.3, 0.4) is 0 Å². The summed E-state index contributed by atoms with van der Waals surface area (Å²) in [5.41, 5.74) is 1.90. The maximum absolute atomic E-state index is 10.4. The topological polar surface area (TPSA) is 75.1 Å². The second kappa shape index (κ2) is 6.93. The van der Waals surface area contributed by atoms with Gasteiger partial charge in [0.05, 0.1) is 0 Å². The second-order valence-electron chi connectivity index (χ2n) is 4.73. The maximum atomic E-state index is 10.4. The summed E-state index contributed by atoms with van der Waals surface area (Å²) in [6.45, 7) is 6.71. The van der Waals surface area contributed by atoms with Gasteiger partial charge >= 0.3 is 5.97 Å². The van der Waals surface area contributed by atoms with Crippen molar-refractivity contribution >= 4 is 11.9 Å². The first-order valence-electron chi connectivity index (χ1n) is 6.25. The molecule has 0 aliphatic heterocycles. The molecule has 0 radical (unpaired) electrons. The largest absolute Gasteiger partial charge is 0.481 e. The van der Waals surface area contributed by atoms with Crippen LogP contribution < -0.4 is 5.32 Å². The summed E-state index contributed by atoms with van der Waals surface area (Å²) < 4.78 is 0. The standard InChI is InChI=1S/C13H21N3O2/c1-9(4-5-12(17)18)6-7-14-13-15-10(2)8-11(3)16-13/h8-9H,4-7H2,1-3H3,(H,17,18)(H,14,15,16). The van der Waals surface area contributed by atoms with Gasteiger partial charge in [-0.2, -0.15) is 0 Å². The van der Waals surface area contributed by atoms with Gasteiger partial charge in [0.15, 0.2) is 0 Å². The zero-order chi connectivity index (χ0) is 13.5. The van der Waals surface area contributed by atoms with Gasteiger partial charge < -0.3 is 10.4 Å². The van der Waals surface area contributed by atoms with Gasteiger partial charge in [0.2, 0.25) is 5.95 Å². The number of carboxylic acid groups (broad SMARTS) is 1. The number of carboxylic acids is 1. The minimum atomic E-state index is -0.729. The van der Waals surface area contributed by atoms with Gasteiger partial charge in [0.1, 0.15) is 0 Å². The number of nitrogens with one attached hydrogen (secondary N) is 1. The molecule has 0 amide bonds. The van der Waals surface area contributed by atoms with Crippen molar-refractivity contribution in [1.29, 1.82) is 0 Å². The predicted molar refractivity (Wildman–Crippen MR) is 70.6 cm³/mol. The third-order valence-electron chi connectivity index (χ3n) is 2.75. The fraction of sp³-hybridized carbons (Fsp3) is 0.615. The van der Waals surface area contributed by atoms with Gasteiger partial charge in [-0.3, -0.25) is 4.79 Å². The molecule has 18 heavy (non-hydrogen) atoms. The normalized spacial score (nSPS) is 12.2. The summed E-state index contributed by atoms with van der Waals surface area (Å²) in [7, 11) is 0. The van der Waals surface area contributed by atoms with E-state index >= 15 is 0 Å². The van der Waals surface area contributed by atoms with Crippen LogP contribution in [-0.2, 0) is 4.79 Å². The van der Waals surface area contributed by atoms with E-state index in [0.717, 1.165) is 24.4 Å². The number of aryl methyl sites for hydroxylation is 2.